The van der Waals surface area contributed by atoms with Gasteiger partial charge < -0.3 is 25.6 Å². The molecule has 0 radical (unpaired) electrons. The monoisotopic (exact) mass is 398 g/mol. The predicted molar refractivity (Wildman–Crippen MR) is 110 cm³/mol. The van der Waals surface area contributed by atoms with Crippen LogP contribution < -0.4 is 16.0 Å². The van der Waals surface area contributed by atoms with Crippen LogP contribution >= 0.6 is 11.6 Å². The Hall–Kier alpha value is -1.83. The number of hydrogen-bond donors (Lipinski definition) is 3. The Morgan fingerprint density at radius 2 is 1.96 bits per heavy atom. The first-order valence-electron chi connectivity index (χ1n) is 9.13. The van der Waals surface area contributed by atoms with Crippen molar-refractivity contribution in [2.45, 2.75) is 20.3 Å². The summed E-state index contributed by atoms with van der Waals surface area (Å²) in [5.74, 6) is 0.138. The number of nitrogens with zero attached hydrogens (tertiary/aromatic N) is 1. The van der Waals surface area contributed by atoms with E-state index in [1.165, 1.54) is 0 Å². The molecule has 152 valence electrons. The first kappa shape index (κ1) is 23.2. The van der Waals surface area contributed by atoms with Gasteiger partial charge in [-0.15, -0.1) is 0 Å². The van der Waals surface area contributed by atoms with Crippen molar-refractivity contribution in [2.24, 2.45) is 5.92 Å². The van der Waals surface area contributed by atoms with Crippen LogP contribution in [0.3, 0.4) is 0 Å². The number of benzene rings is 1. The normalized spacial score (nSPS) is 10.9. The SMILES string of the molecule is COCCN(C)CCCNC(=O)Nc1ccc(C(=O)NCC(C)C)c(Cl)c1. The smallest absolute Gasteiger partial charge is 0.319 e. The molecule has 0 fully saturated rings. The summed E-state index contributed by atoms with van der Waals surface area (Å²) in [5, 5.41) is 8.64. The maximum atomic E-state index is 12.1. The number of carbonyl (C=O) groups is 2. The van der Waals surface area contributed by atoms with Gasteiger partial charge in [0.05, 0.1) is 17.2 Å². The molecule has 0 unspecified atom stereocenters. The van der Waals surface area contributed by atoms with Crippen LogP contribution in [0.5, 0.6) is 0 Å². The van der Waals surface area contributed by atoms with Crippen LogP contribution in [0.1, 0.15) is 30.6 Å². The minimum Gasteiger partial charge on any atom is -0.383 e. The molecule has 0 spiro atoms. The third-order valence-corrected chi connectivity index (χ3v) is 4.13. The number of nitrogens with one attached hydrogen (secondary N) is 3. The van der Waals surface area contributed by atoms with E-state index in [-0.39, 0.29) is 11.9 Å². The van der Waals surface area contributed by atoms with E-state index in [0.717, 1.165) is 19.5 Å². The lowest BCUT2D eigenvalue weighted by Gasteiger charge is -2.16. The Morgan fingerprint density at radius 1 is 1.22 bits per heavy atom. The summed E-state index contributed by atoms with van der Waals surface area (Å²) >= 11 is 6.18. The van der Waals surface area contributed by atoms with Gasteiger partial charge in [-0.2, -0.15) is 0 Å². The predicted octanol–water partition coefficient (Wildman–Crippen LogP) is 2.82. The average Bonchev–Trinajstić information content (AvgIpc) is 2.61. The second kappa shape index (κ2) is 12.5. The van der Waals surface area contributed by atoms with Gasteiger partial charge in [0.15, 0.2) is 0 Å². The number of ether oxygens (including phenoxy) is 1. The third-order valence-electron chi connectivity index (χ3n) is 3.82. The molecule has 1 rings (SSSR count). The van der Waals surface area contributed by atoms with Gasteiger partial charge in [-0.05, 0) is 44.1 Å². The minimum atomic E-state index is -0.303. The fourth-order valence-electron chi connectivity index (χ4n) is 2.25. The molecule has 7 nitrogen and oxygen atoms in total. The van der Waals surface area contributed by atoms with Crippen LogP contribution in [0.2, 0.25) is 5.02 Å². The van der Waals surface area contributed by atoms with E-state index in [2.05, 4.69) is 20.9 Å². The molecule has 0 heterocycles. The Labute approximate surface area is 166 Å². The van der Waals surface area contributed by atoms with E-state index in [0.29, 0.717) is 41.9 Å². The van der Waals surface area contributed by atoms with E-state index in [4.69, 9.17) is 16.3 Å². The second-order valence-electron chi connectivity index (χ2n) is 6.83. The molecule has 0 saturated heterocycles. The van der Waals surface area contributed by atoms with Gasteiger partial charge in [-0.25, -0.2) is 4.79 Å². The summed E-state index contributed by atoms with van der Waals surface area (Å²) in [6.45, 7) is 7.60. The quantitative estimate of drug-likeness (QED) is 0.500. The number of amides is 3. The number of urea groups is 1. The molecule has 0 aliphatic rings. The van der Waals surface area contributed by atoms with Gasteiger partial charge >= 0.3 is 6.03 Å². The van der Waals surface area contributed by atoms with Crippen molar-refractivity contribution in [2.75, 3.05) is 52.3 Å². The lowest BCUT2D eigenvalue weighted by Crippen LogP contribution is -2.32. The first-order chi connectivity index (χ1) is 12.8. The molecule has 0 bridgehead atoms. The summed E-state index contributed by atoms with van der Waals surface area (Å²) in [6, 6.07) is 4.54. The van der Waals surface area contributed by atoms with Crippen molar-refractivity contribution >= 4 is 29.2 Å². The third kappa shape index (κ3) is 9.60. The van der Waals surface area contributed by atoms with E-state index < -0.39 is 0 Å². The van der Waals surface area contributed by atoms with Crippen molar-refractivity contribution in [1.29, 1.82) is 0 Å². The first-order valence-corrected chi connectivity index (χ1v) is 9.51. The molecule has 0 atom stereocenters. The van der Waals surface area contributed by atoms with Crippen LogP contribution in [-0.2, 0) is 4.74 Å². The van der Waals surface area contributed by atoms with Gasteiger partial charge in [-0.3, -0.25) is 4.79 Å². The van der Waals surface area contributed by atoms with E-state index in [1.807, 2.05) is 20.9 Å². The van der Waals surface area contributed by atoms with E-state index in [9.17, 15) is 9.59 Å². The number of rotatable bonds is 11. The molecule has 3 N–H and O–H groups in total. The topological polar surface area (TPSA) is 82.7 Å². The standard InChI is InChI=1S/C19H31ClN4O3/c1-14(2)13-22-18(25)16-7-6-15(12-17(16)20)23-19(26)21-8-5-9-24(3)10-11-27-4/h6-7,12,14H,5,8-11,13H2,1-4H3,(H,22,25)(H2,21,23,26). The van der Waals surface area contributed by atoms with Crippen LogP contribution in [-0.4, -0.2) is 63.8 Å². The molecular weight excluding hydrogens is 368 g/mol. The Kier molecular flexibility index (Phi) is 10.8. The highest BCUT2D eigenvalue weighted by atomic mass is 35.5. The summed E-state index contributed by atoms with van der Waals surface area (Å²) < 4.78 is 5.02. The van der Waals surface area contributed by atoms with Crippen molar-refractivity contribution in [3.05, 3.63) is 28.8 Å². The Balaban J connectivity index is 2.40. The maximum absolute atomic E-state index is 12.1. The number of likely N-dealkylation sites (N-methyl/N-ethyl adjacent to an activating group) is 1. The van der Waals surface area contributed by atoms with Crippen molar-refractivity contribution in [1.82, 2.24) is 15.5 Å². The van der Waals surface area contributed by atoms with Gasteiger partial charge in [0.2, 0.25) is 0 Å². The lowest BCUT2D eigenvalue weighted by atomic mass is 10.1. The lowest BCUT2D eigenvalue weighted by molar-refractivity contribution is 0.0949. The highest BCUT2D eigenvalue weighted by molar-refractivity contribution is 6.34. The molecule has 27 heavy (non-hydrogen) atoms. The molecule has 1 aromatic rings. The average molecular weight is 399 g/mol. The Bertz CT molecular complexity index is 611. The fraction of sp³-hybridized carbons (Fsp3) is 0.579. The van der Waals surface area contributed by atoms with Crippen LogP contribution in [0, 0.1) is 5.92 Å². The van der Waals surface area contributed by atoms with Crippen molar-refractivity contribution in [3.63, 3.8) is 0 Å². The number of hydrogen-bond acceptors (Lipinski definition) is 4. The summed E-state index contributed by atoms with van der Waals surface area (Å²) in [4.78, 5) is 26.2. The molecular formula is C19H31ClN4O3. The van der Waals surface area contributed by atoms with Gasteiger partial charge in [0, 0.05) is 32.4 Å². The second-order valence-corrected chi connectivity index (χ2v) is 7.24. The van der Waals surface area contributed by atoms with Crippen LogP contribution in [0.4, 0.5) is 10.5 Å². The summed E-state index contributed by atoms with van der Waals surface area (Å²) in [6.07, 6.45) is 0.837. The summed E-state index contributed by atoms with van der Waals surface area (Å²) in [5.41, 5.74) is 0.928. The minimum absolute atomic E-state index is 0.220. The number of carbonyl (C=O) groups excluding carboxylic acids is 2. The molecule has 3 amide bonds. The van der Waals surface area contributed by atoms with Crippen molar-refractivity contribution in [3.8, 4) is 0 Å². The van der Waals surface area contributed by atoms with Crippen LogP contribution in [0.25, 0.3) is 0 Å². The highest BCUT2D eigenvalue weighted by Crippen LogP contribution is 2.21. The number of anilines is 1. The zero-order valence-corrected chi connectivity index (χ0v) is 17.4. The number of halogens is 1. The summed E-state index contributed by atoms with van der Waals surface area (Å²) in [7, 11) is 3.69. The maximum Gasteiger partial charge on any atom is 0.319 e. The molecule has 0 aliphatic carbocycles. The van der Waals surface area contributed by atoms with E-state index in [1.54, 1.807) is 25.3 Å². The molecule has 8 heteroatoms. The molecule has 0 aromatic heterocycles. The highest BCUT2D eigenvalue weighted by Gasteiger charge is 2.12. The van der Waals surface area contributed by atoms with Gasteiger partial charge in [0.25, 0.3) is 5.91 Å². The fourth-order valence-corrected chi connectivity index (χ4v) is 2.52. The zero-order chi connectivity index (χ0) is 20.2. The van der Waals surface area contributed by atoms with E-state index >= 15 is 0 Å². The Morgan fingerprint density at radius 3 is 2.59 bits per heavy atom. The molecule has 0 aliphatic heterocycles. The van der Waals surface area contributed by atoms with Gasteiger partial charge in [-0.1, -0.05) is 25.4 Å². The van der Waals surface area contributed by atoms with Crippen LogP contribution in [0.15, 0.2) is 18.2 Å². The zero-order valence-electron chi connectivity index (χ0n) is 16.6. The van der Waals surface area contributed by atoms with Gasteiger partial charge in [0.1, 0.15) is 0 Å². The molecule has 0 saturated carbocycles. The largest absolute Gasteiger partial charge is 0.383 e. The molecule has 1 aromatic carbocycles. The van der Waals surface area contributed by atoms with Crippen molar-refractivity contribution < 1.29 is 14.3 Å². The number of methoxy groups -OCH3 is 1.